The number of aliphatic hydroxyl groups is 3. The van der Waals surface area contributed by atoms with Crippen LogP contribution in [0.2, 0.25) is 0 Å². The number of esters is 2. The maximum atomic E-state index is 13.0. The van der Waals surface area contributed by atoms with E-state index in [1.54, 1.807) is 30.3 Å². The number of rotatable bonds is 4. The first kappa shape index (κ1) is 22.2. The van der Waals surface area contributed by atoms with E-state index in [1.807, 2.05) is 0 Å². The van der Waals surface area contributed by atoms with Gasteiger partial charge in [-0.3, -0.25) is 4.79 Å². The second kappa shape index (κ2) is 8.84. The zero-order valence-electron chi connectivity index (χ0n) is 17.3. The third-order valence-corrected chi connectivity index (χ3v) is 6.19. The quantitative estimate of drug-likeness (QED) is 0.585. The maximum absolute atomic E-state index is 13.0. The molecule has 2 aliphatic carbocycles. The largest absolute Gasteiger partial charge is 0.454 e. The van der Waals surface area contributed by atoms with Gasteiger partial charge in [-0.2, -0.15) is 0 Å². The molecule has 0 bridgehead atoms. The van der Waals surface area contributed by atoms with Crippen molar-refractivity contribution >= 4 is 11.9 Å². The van der Waals surface area contributed by atoms with Gasteiger partial charge in [0.05, 0.1) is 0 Å². The minimum absolute atomic E-state index is 0.400. The first-order valence-electron chi connectivity index (χ1n) is 10.6. The second-order valence-electron chi connectivity index (χ2n) is 8.41. The summed E-state index contributed by atoms with van der Waals surface area (Å²) in [6, 6.07) is 8.34. The van der Waals surface area contributed by atoms with Gasteiger partial charge in [-0.25, -0.2) is 4.79 Å². The predicted octanol–water partition coefficient (Wildman–Crippen LogP) is 0.743. The normalized spacial score (nSPS) is 35.2. The van der Waals surface area contributed by atoms with E-state index < -0.39 is 60.5 Å². The minimum atomic E-state index is -1.60. The lowest BCUT2D eigenvalue weighted by Gasteiger charge is -2.40. The fraction of sp³-hybridized carbons (Fsp3) is 0.636. The lowest BCUT2D eigenvalue weighted by Crippen LogP contribution is -2.63. The Morgan fingerprint density at radius 2 is 1.61 bits per heavy atom. The lowest BCUT2D eigenvalue weighted by atomic mass is 9.85. The summed E-state index contributed by atoms with van der Waals surface area (Å²) in [4.78, 5) is 24.6. The van der Waals surface area contributed by atoms with Crippen molar-refractivity contribution in [3.8, 4) is 0 Å². The Balaban J connectivity index is 1.57. The molecule has 1 spiro atoms. The summed E-state index contributed by atoms with van der Waals surface area (Å²) in [5.41, 5.74) is 0.400. The van der Waals surface area contributed by atoms with Crippen LogP contribution in [0.4, 0.5) is 0 Å². The van der Waals surface area contributed by atoms with Crippen LogP contribution in [0.3, 0.4) is 0 Å². The highest BCUT2D eigenvalue weighted by Gasteiger charge is 2.61. The van der Waals surface area contributed by atoms with Gasteiger partial charge in [-0.15, -0.1) is 0 Å². The van der Waals surface area contributed by atoms with E-state index in [0.717, 1.165) is 19.3 Å². The van der Waals surface area contributed by atoms with E-state index in [4.69, 9.17) is 18.9 Å². The number of aliphatic hydroxyl groups excluding tert-OH is 3. The highest BCUT2D eigenvalue weighted by Crippen LogP contribution is 2.45. The summed E-state index contributed by atoms with van der Waals surface area (Å²) in [6.45, 7) is 1.18. The van der Waals surface area contributed by atoms with Gasteiger partial charge in [-0.05, 0) is 12.8 Å². The molecular weight excluding hydrogens is 408 g/mol. The van der Waals surface area contributed by atoms with Gasteiger partial charge in [0, 0.05) is 25.3 Å². The molecule has 1 aromatic carbocycles. The molecule has 3 fully saturated rings. The smallest absolute Gasteiger partial charge is 0.352 e. The standard InChI is InChI=1S/C22H28O9/c1-12(23)28-17(13-8-4-2-5-9-13)21(27)29-18-15(25)14(24)16(26)19-20(18)31-22(30-19)10-6-3-7-11-22/h2,4-5,8-9,14-20,24-26H,3,6-7,10-11H2,1H3/t14-,15-,16+,17+,18+,19+,20-/m0/s1. The molecule has 0 amide bonds. The molecule has 1 heterocycles. The number of hydrogen-bond acceptors (Lipinski definition) is 9. The lowest BCUT2D eigenvalue weighted by molar-refractivity contribution is -0.218. The Kier molecular flexibility index (Phi) is 6.32. The molecule has 9 heteroatoms. The van der Waals surface area contributed by atoms with Crippen molar-refractivity contribution in [2.75, 3.05) is 0 Å². The zero-order chi connectivity index (χ0) is 22.2. The fourth-order valence-electron chi connectivity index (χ4n) is 4.67. The first-order chi connectivity index (χ1) is 14.8. The van der Waals surface area contributed by atoms with Crippen molar-refractivity contribution in [1.29, 1.82) is 0 Å². The van der Waals surface area contributed by atoms with Crippen LogP contribution in [-0.2, 0) is 28.5 Å². The van der Waals surface area contributed by atoms with Gasteiger partial charge in [0.15, 0.2) is 11.9 Å². The molecule has 4 rings (SSSR count). The van der Waals surface area contributed by atoms with Crippen molar-refractivity contribution in [2.24, 2.45) is 0 Å². The van der Waals surface area contributed by atoms with E-state index in [0.29, 0.717) is 18.4 Å². The monoisotopic (exact) mass is 436 g/mol. The molecule has 0 unspecified atom stereocenters. The van der Waals surface area contributed by atoms with Crippen LogP contribution in [0.15, 0.2) is 30.3 Å². The number of carbonyl (C=O) groups is 2. The third-order valence-electron chi connectivity index (χ3n) is 6.19. The fourth-order valence-corrected chi connectivity index (χ4v) is 4.67. The van der Waals surface area contributed by atoms with E-state index in [-0.39, 0.29) is 0 Å². The Hall–Kier alpha value is -2.04. The summed E-state index contributed by atoms with van der Waals surface area (Å²) in [7, 11) is 0. The van der Waals surface area contributed by atoms with Gasteiger partial charge < -0.3 is 34.3 Å². The average Bonchev–Trinajstić information content (AvgIpc) is 3.13. The summed E-state index contributed by atoms with van der Waals surface area (Å²) in [5.74, 6) is -2.52. The molecule has 170 valence electrons. The van der Waals surface area contributed by atoms with Crippen LogP contribution >= 0.6 is 0 Å². The maximum Gasteiger partial charge on any atom is 0.352 e. The van der Waals surface area contributed by atoms with Crippen molar-refractivity contribution in [3.63, 3.8) is 0 Å². The molecule has 0 aromatic heterocycles. The third kappa shape index (κ3) is 4.33. The molecule has 3 aliphatic rings. The molecule has 1 aliphatic heterocycles. The first-order valence-corrected chi connectivity index (χ1v) is 10.6. The molecule has 1 saturated heterocycles. The van der Waals surface area contributed by atoms with Gasteiger partial charge in [-0.1, -0.05) is 36.8 Å². The summed E-state index contributed by atoms with van der Waals surface area (Å²) in [5, 5.41) is 31.4. The van der Waals surface area contributed by atoms with Crippen molar-refractivity contribution in [3.05, 3.63) is 35.9 Å². The Morgan fingerprint density at radius 3 is 2.26 bits per heavy atom. The van der Waals surface area contributed by atoms with E-state index in [1.165, 1.54) is 6.92 Å². The predicted molar refractivity (Wildman–Crippen MR) is 104 cm³/mol. The Morgan fingerprint density at radius 1 is 0.968 bits per heavy atom. The van der Waals surface area contributed by atoms with Crippen LogP contribution in [-0.4, -0.2) is 69.7 Å². The molecule has 7 atom stereocenters. The van der Waals surface area contributed by atoms with Gasteiger partial charge >= 0.3 is 11.9 Å². The SMILES string of the molecule is CC(=O)O[C@@H](C(=O)O[C@@H]1[C@@H](O)[C@H](O)[C@@H](O)[C@H]2OC3(CCCCC3)O[C@H]21)c1ccccc1. The summed E-state index contributed by atoms with van der Waals surface area (Å²) >= 11 is 0. The number of benzene rings is 1. The Labute approximate surface area is 179 Å². The molecule has 3 N–H and O–H groups in total. The number of hydrogen-bond donors (Lipinski definition) is 3. The average molecular weight is 436 g/mol. The Bertz CT molecular complexity index is 791. The van der Waals surface area contributed by atoms with Crippen LogP contribution < -0.4 is 0 Å². The van der Waals surface area contributed by atoms with Gasteiger partial charge in [0.2, 0.25) is 6.10 Å². The van der Waals surface area contributed by atoms with Crippen LogP contribution in [0, 0.1) is 0 Å². The van der Waals surface area contributed by atoms with E-state index >= 15 is 0 Å². The zero-order valence-corrected chi connectivity index (χ0v) is 17.3. The van der Waals surface area contributed by atoms with Crippen LogP contribution in [0.1, 0.15) is 50.7 Å². The molecule has 9 nitrogen and oxygen atoms in total. The van der Waals surface area contributed by atoms with Crippen LogP contribution in [0.5, 0.6) is 0 Å². The van der Waals surface area contributed by atoms with Gasteiger partial charge in [0.1, 0.15) is 30.5 Å². The van der Waals surface area contributed by atoms with Crippen LogP contribution in [0.25, 0.3) is 0 Å². The number of ether oxygens (including phenoxy) is 4. The minimum Gasteiger partial charge on any atom is -0.454 e. The number of fused-ring (bicyclic) bond motifs is 1. The highest BCUT2D eigenvalue weighted by atomic mass is 16.8. The summed E-state index contributed by atoms with van der Waals surface area (Å²) < 4.78 is 22.9. The molecule has 1 aromatic rings. The topological polar surface area (TPSA) is 132 Å². The van der Waals surface area contributed by atoms with Crippen molar-refractivity contribution in [2.45, 2.75) is 87.5 Å². The molecule has 0 radical (unpaired) electrons. The summed E-state index contributed by atoms with van der Waals surface area (Å²) in [6.07, 6.45) is -5.14. The molecular formula is C22H28O9. The van der Waals surface area contributed by atoms with Crippen molar-refractivity contribution < 1.29 is 43.9 Å². The molecule has 2 saturated carbocycles. The van der Waals surface area contributed by atoms with Crippen molar-refractivity contribution in [1.82, 2.24) is 0 Å². The molecule has 31 heavy (non-hydrogen) atoms. The van der Waals surface area contributed by atoms with E-state index in [2.05, 4.69) is 0 Å². The second-order valence-corrected chi connectivity index (χ2v) is 8.41. The van der Waals surface area contributed by atoms with Gasteiger partial charge in [0.25, 0.3) is 0 Å². The highest BCUT2D eigenvalue weighted by molar-refractivity contribution is 5.80. The van der Waals surface area contributed by atoms with E-state index in [9.17, 15) is 24.9 Å². The number of carbonyl (C=O) groups excluding carboxylic acids is 2.